The Balaban J connectivity index is 2.55. The molecule has 0 saturated carbocycles. The van der Waals surface area contributed by atoms with Gasteiger partial charge in [-0.1, -0.05) is 13.3 Å². The van der Waals surface area contributed by atoms with Gasteiger partial charge < -0.3 is 5.73 Å². The largest absolute Gasteiger partial charge is 0.330 e. The fraction of sp³-hybridized carbons (Fsp3) is 0.667. The fourth-order valence-corrected chi connectivity index (χ4v) is 2.54. The minimum atomic E-state index is 0.146. The molecule has 0 aliphatic rings. The fourth-order valence-electron chi connectivity index (χ4n) is 1.97. The van der Waals surface area contributed by atoms with Crippen LogP contribution in [0.4, 0.5) is 0 Å². The van der Waals surface area contributed by atoms with Gasteiger partial charge in [0.1, 0.15) is 5.69 Å². The maximum absolute atomic E-state index is 12.1. The highest BCUT2D eigenvalue weighted by atomic mass is 79.9. The summed E-state index contributed by atoms with van der Waals surface area (Å²) in [7, 11) is 1.79. The van der Waals surface area contributed by atoms with E-state index >= 15 is 0 Å². The Hall–Kier alpha value is -0.680. The second-order valence-corrected chi connectivity index (χ2v) is 5.13. The van der Waals surface area contributed by atoms with Crippen LogP contribution in [0.2, 0.25) is 0 Å². The average molecular weight is 302 g/mol. The predicted octanol–water partition coefficient (Wildman–Crippen LogP) is 2.52. The molecule has 1 aromatic rings. The van der Waals surface area contributed by atoms with Crippen molar-refractivity contribution in [1.82, 2.24) is 9.78 Å². The normalized spacial score (nSPS) is 12.7. The van der Waals surface area contributed by atoms with E-state index in [0.29, 0.717) is 24.6 Å². The Bertz CT molecular complexity index is 356. The van der Waals surface area contributed by atoms with Crippen molar-refractivity contribution in [3.05, 3.63) is 16.4 Å². The molecule has 96 valence electrons. The Labute approximate surface area is 111 Å². The first-order valence-electron chi connectivity index (χ1n) is 6.00. The van der Waals surface area contributed by atoms with Gasteiger partial charge in [0, 0.05) is 13.5 Å². The topological polar surface area (TPSA) is 60.9 Å². The first-order valence-corrected chi connectivity index (χ1v) is 6.80. The molecule has 0 spiro atoms. The smallest absolute Gasteiger partial charge is 0.182 e. The minimum absolute atomic E-state index is 0.146. The van der Waals surface area contributed by atoms with Crippen LogP contribution in [0.25, 0.3) is 0 Å². The molecule has 1 aromatic heterocycles. The summed E-state index contributed by atoms with van der Waals surface area (Å²) in [5, 5.41) is 4.05. The second kappa shape index (κ2) is 6.91. The lowest BCUT2D eigenvalue weighted by molar-refractivity contribution is 0.0962. The van der Waals surface area contributed by atoms with E-state index in [0.717, 1.165) is 23.7 Å². The van der Waals surface area contributed by atoms with Gasteiger partial charge in [-0.15, -0.1) is 0 Å². The summed E-state index contributed by atoms with van der Waals surface area (Å²) >= 11 is 3.35. The number of carbonyl (C=O) groups is 1. The molecule has 0 fully saturated rings. The van der Waals surface area contributed by atoms with Gasteiger partial charge in [0.25, 0.3) is 0 Å². The average Bonchev–Trinajstić information content (AvgIpc) is 2.64. The maximum Gasteiger partial charge on any atom is 0.182 e. The second-order valence-electron chi connectivity index (χ2n) is 4.28. The Morgan fingerprint density at radius 1 is 1.59 bits per heavy atom. The van der Waals surface area contributed by atoms with Gasteiger partial charge >= 0.3 is 0 Å². The van der Waals surface area contributed by atoms with Crippen molar-refractivity contribution in [3.8, 4) is 0 Å². The van der Waals surface area contributed by atoms with Crippen LogP contribution < -0.4 is 5.73 Å². The van der Waals surface area contributed by atoms with Crippen LogP contribution in [0.5, 0.6) is 0 Å². The molecule has 0 radical (unpaired) electrons. The van der Waals surface area contributed by atoms with E-state index < -0.39 is 0 Å². The monoisotopic (exact) mass is 301 g/mol. The van der Waals surface area contributed by atoms with Crippen molar-refractivity contribution >= 4 is 21.7 Å². The van der Waals surface area contributed by atoms with Crippen molar-refractivity contribution in [1.29, 1.82) is 0 Å². The molecule has 2 N–H and O–H groups in total. The summed E-state index contributed by atoms with van der Waals surface area (Å²) in [6, 6.07) is 0. The molecule has 0 amide bonds. The minimum Gasteiger partial charge on any atom is -0.330 e. The van der Waals surface area contributed by atoms with Crippen LogP contribution in [0.1, 0.15) is 43.1 Å². The van der Waals surface area contributed by atoms with Crippen LogP contribution >= 0.6 is 15.9 Å². The van der Waals surface area contributed by atoms with E-state index in [2.05, 4.69) is 28.0 Å². The molecule has 0 aliphatic carbocycles. The molecule has 1 rings (SSSR count). The summed E-state index contributed by atoms with van der Waals surface area (Å²) < 4.78 is 2.40. The number of hydrogen-bond acceptors (Lipinski definition) is 3. The number of rotatable bonds is 7. The SMILES string of the molecule is CCC(CCN)CCC(=O)c1c(Br)cnn1C. The number of carbonyl (C=O) groups excluding carboxylic acids is 1. The maximum atomic E-state index is 12.1. The van der Waals surface area contributed by atoms with Gasteiger partial charge in [0.15, 0.2) is 5.78 Å². The molecule has 0 bridgehead atoms. The van der Waals surface area contributed by atoms with Crippen LogP contribution in [0, 0.1) is 5.92 Å². The van der Waals surface area contributed by atoms with E-state index in [-0.39, 0.29) is 5.78 Å². The van der Waals surface area contributed by atoms with Crippen molar-refractivity contribution < 1.29 is 4.79 Å². The molecule has 5 heteroatoms. The van der Waals surface area contributed by atoms with Crippen molar-refractivity contribution in [3.63, 3.8) is 0 Å². The molecular weight excluding hydrogens is 282 g/mol. The lowest BCUT2D eigenvalue weighted by Gasteiger charge is -2.12. The Morgan fingerprint density at radius 2 is 2.29 bits per heavy atom. The van der Waals surface area contributed by atoms with E-state index in [9.17, 15) is 4.79 Å². The zero-order valence-corrected chi connectivity index (χ0v) is 12.0. The highest BCUT2D eigenvalue weighted by Gasteiger charge is 2.16. The summed E-state index contributed by atoms with van der Waals surface area (Å²) in [5.41, 5.74) is 6.21. The van der Waals surface area contributed by atoms with Gasteiger partial charge in [-0.25, -0.2) is 0 Å². The van der Waals surface area contributed by atoms with Gasteiger partial charge in [-0.2, -0.15) is 5.10 Å². The third-order valence-corrected chi connectivity index (χ3v) is 3.67. The van der Waals surface area contributed by atoms with E-state index in [1.807, 2.05) is 0 Å². The standard InChI is InChI=1S/C12H20BrN3O/c1-3-9(6-7-14)4-5-11(17)12-10(13)8-15-16(12)2/h8-9H,3-7,14H2,1-2H3. The predicted molar refractivity (Wildman–Crippen MR) is 71.9 cm³/mol. The van der Waals surface area contributed by atoms with Crippen LogP contribution in [-0.2, 0) is 7.05 Å². The Morgan fingerprint density at radius 3 is 2.76 bits per heavy atom. The molecule has 17 heavy (non-hydrogen) atoms. The summed E-state index contributed by atoms with van der Waals surface area (Å²) in [5.74, 6) is 0.697. The summed E-state index contributed by atoms with van der Waals surface area (Å²) in [6.45, 7) is 2.84. The van der Waals surface area contributed by atoms with Crippen LogP contribution in [-0.4, -0.2) is 22.1 Å². The number of nitrogens with two attached hydrogens (primary N) is 1. The molecule has 1 unspecified atom stereocenters. The van der Waals surface area contributed by atoms with Crippen molar-refractivity contribution in [2.45, 2.75) is 32.6 Å². The van der Waals surface area contributed by atoms with E-state index in [1.54, 1.807) is 17.9 Å². The number of nitrogens with zero attached hydrogens (tertiary/aromatic N) is 2. The number of hydrogen-bond donors (Lipinski definition) is 1. The number of aryl methyl sites for hydroxylation is 1. The van der Waals surface area contributed by atoms with Crippen molar-refractivity contribution in [2.75, 3.05) is 6.54 Å². The van der Waals surface area contributed by atoms with E-state index in [1.165, 1.54) is 0 Å². The summed E-state index contributed by atoms with van der Waals surface area (Å²) in [4.78, 5) is 12.1. The number of halogens is 1. The zero-order chi connectivity index (χ0) is 12.8. The molecule has 1 heterocycles. The van der Waals surface area contributed by atoms with Gasteiger partial charge in [0.2, 0.25) is 0 Å². The molecule has 0 aliphatic heterocycles. The summed E-state index contributed by atoms with van der Waals surface area (Å²) in [6.07, 6.45) is 5.21. The third kappa shape index (κ3) is 3.92. The first kappa shape index (κ1) is 14.4. The lowest BCUT2D eigenvalue weighted by atomic mass is 9.95. The van der Waals surface area contributed by atoms with Gasteiger partial charge in [-0.3, -0.25) is 9.48 Å². The molecule has 0 saturated heterocycles. The number of aromatic nitrogens is 2. The third-order valence-electron chi connectivity index (χ3n) is 3.09. The molecule has 1 atom stereocenters. The number of Topliss-reactive ketones (excluding diaryl/α,β-unsaturated/α-hetero) is 1. The molecular formula is C12H20BrN3O. The number of ketones is 1. The Kier molecular flexibility index (Phi) is 5.85. The van der Waals surface area contributed by atoms with Crippen LogP contribution in [0.15, 0.2) is 10.7 Å². The van der Waals surface area contributed by atoms with E-state index in [4.69, 9.17) is 5.73 Å². The van der Waals surface area contributed by atoms with Gasteiger partial charge in [-0.05, 0) is 41.2 Å². The van der Waals surface area contributed by atoms with Crippen molar-refractivity contribution in [2.24, 2.45) is 18.7 Å². The molecule has 0 aromatic carbocycles. The zero-order valence-electron chi connectivity index (χ0n) is 10.4. The molecule has 4 nitrogen and oxygen atoms in total. The lowest BCUT2D eigenvalue weighted by Crippen LogP contribution is -2.12. The first-order chi connectivity index (χ1) is 8.10. The highest BCUT2D eigenvalue weighted by molar-refractivity contribution is 9.10. The highest BCUT2D eigenvalue weighted by Crippen LogP contribution is 2.20. The van der Waals surface area contributed by atoms with Crippen LogP contribution in [0.3, 0.4) is 0 Å². The quantitative estimate of drug-likeness (QED) is 0.787. The van der Waals surface area contributed by atoms with Gasteiger partial charge in [0.05, 0.1) is 10.7 Å².